The molecule has 0 aliphatic carbocycles. The Hall–Kier alpha value is -1.48. The summed E-state index contributed by atoms with van der Waals surface area (Å²) in [4.78, 5) is 11.9. The van der Waals surface area contributed by atoms with Gasteiger partial charge in [-0.25, -0.2) is 0 Å². The summed E-state index contributed by atoms with van der Waals surface area (Å²) in [5.74, 6) is -1.03. The van der Waals surface area contributed by atoms with E-state index in [0.29, 0.717) is 0 Å². The van der Waals surface area contributed by atoms with Gasteiger partial charge in [0, 0.05) is 12.3 Å². The first-order valence-electron chi connectivity index (χ1n) is 7.74. The second kappa shape index (κ2) is 8.75. The van der Waals surface area contributed by atoms with E-state index in [2.05, 4.69) is 10.4 Å². The fourth-order valence-electron chi connectivity index (χ4n) is 1.87. The quantitative estimate of drug-likeness (QED) is 0.401. The summed E-state index contributed by atoms with van der Waals surface area (Å²) in [6.45, 7) is 5.08. The van der Waals surface area contributed by atoms with Gasteiger partial charge in [-0.1, -0.05) is 0 Å². The van der Waals surface area contributed by atoms with Crippen LogP contribution in [0.15, 0.2) is 12.3 Å². The second-order valence-electron chi connectivity index (χ2n) is 6.13. The zero-order chi connectivity index (χ0) is 19.3. The minimum Gasteiger partial charge on any atom is -0.476 e. The maximum Gasteiger partial charge on any atom is 0.397 e. The summed E-state index contributed by atoms with van der Waals surface area (Å²) >= 11 is 5.69. The van der Waals surface area contributed by atoms with Crippen LogP contribution < -0.4 is 10.1 Å². The number of halogens is 4. The minimum absolute atomic E-state index is 0.0229. The molecule has 0 amide bonds. The minimum atomic E-state index is -4.39. The lowest BCUT2D eigenvalue weighted by Gasteiger charge is -2.27. The number of alkyl halides is 4. The maximum atomic E-state index is 12.9. The topological polar surface area (TPSA) is 65.4 Å². The summed E-state index contributed by atoms with van der Waals surface area (Å²) < 4.78 is 50.1. The van der Waals surface area contributed by atoms with E-state index in [1.807, 2.05) is 0 Å². The van der Waals surface area contributed by atoms with Crippen molar-refractivity contribution in [3.63, 3.8) is 0 Å². The zero-order valence-electron chi connectivity index (χ0n) is 14.6. The van der Waals surface area contributed by atoms with Gasteiger partial charge in [0.15, 0.2) is 0 Å². The van der Waals surface area contributed by atoms with Crippen LogP contribution in [0.25, 0.3) is 0 Å². The molecule has 0 aliphatic heterocycles. The summed E-state index contributed by atoms with van der Waals surface area (Å²) in [7, 11) is 0. The monoisotopic (exact) mass is 385 g/mol. The fourth-order valence-corrected chi connectivity index (χ4v) is 2.03. The van der Waals surface area contributed by atoms with Gasteiger partial charge in [0.1, 0.15) is 12.8 Å². The lowest BCUT2D eigenvalue weighted by molar-refractivity contribution is -0.219. The highest BCUT2D eigenvalue weighted by atomic mass is 35.5. The molecule has 0 aliphatic rings. The molecule has 0 saturated heterocycles. The van der Waals surface area contributed by atoms with Crippen molar-refractivity contribution in [1.82, 2.24) is 15.1 Å². The van der Waals surface area contributed by atoms with Gasteiger partial charge in [0.25, 0.3) is 0 Å². The summed E-state index contributed by atoms with van der Waals surface area (Å²) in [5.41, 5.74) is -2.01. The number of aromatic nitrogens is 2. The highest BCUT2D eigenvalue weighted by molar-refractivity contribution is 6.17. The first-order valence-corrected chi connectivity index (χ1v) is 8.27. The van der Waals surface area contributed by atoms with Crippen molar-refractivity contribution < 1.29 is 27.4 Å². The van der Waals surface area contributed by atoms with Gasteiger partial charge in [-0.3, -0.25) is 14.8 Å². The van der Waals surface area contributed by atoms with E-state index in [1.165, 1.54) is 16.9 Å². The third kappa shape index (κ3) is 5.78. The second-order valence-corrected chi connectivity index (χ2v) is 6.39. The van der Waals surface area contributed by atoms with Gasteiger partial charge in [-0.2, -0.15) is 13.2 Å². The molecule has 2 atom stereocenters. The Bertz CT molecular complexity index is 564. The molecular weight excluding hydrogens is 363 g/mol. The van der Waals surface area contributed by atoms with E-state index >= 15 is 0 Å². The van der Waals surface area contributed by atoms with Crippen LogP contribution in [0.2, 0.25) is 0 Å². The molecule has 0 aromatic carbocycles. The van der Waals surface area contributed by atoms with Crippen molar-refractivity contribution in [3.05, 3.63) is 12.3 Å². The number of carbonyl (C=O) groups is 1. The molecule has 0 fully saturated rings. The molecule has 1 heterocycles. The molecular formula is C15H23ClF3N3O3. The first kappa shape index (κ1) is 21.6. The van der Waals surface area contributed by atoms with E-state index in [-0.39, 0.29) is 18.5 Å². The van der Waals surface area contributed by atoms with Crippen LogP contribution in [0.1, 0.15) is 33.9 Å². The summed E-state index contributed by atoms with van der Waals surface area (Å²) in [6, 6.07) is 1.47. The maximum absolute atomic E-state index is 12.9. The van der Waals surface area contributed by atoms with Gasteiger partial charge < -0.3 is 9.47 Å². The third-order valence-electron chi connectivity index (χ3n) is 3.64. The van der Waals surface area contributed by atoms with Crippen LogP contribution in [-0.2, 0) is 9.53 Å². The predicted octanol–water partition coefficient (Wildman–Crippen LogP) is 3.33. The molecule has 25 heavy (non-hydrogen) atoms. The molecule has 144 valence electrons. The van der Waals surface area contributed by atoms with Gasteiger partial charge in [0.05, 0.1) is 23.9 Å². The Morgan fingerprint density at radius 3 is 2.60 bits per heavy atom. The lowest BCUT2D eigenvalue weighted by Crippen LogP contribution is -2.38. The van der Waals surface area contributed by atoms with E-state index < -0.39 is 36.3 Å². The standard InChI is InChI=1S/C15H23ClF3N3O3/c1-5-24-13(23)10(2)12(20-9-16)22-7-6-11(21-22)25-8-14(3,4)15(17,18)19/h6-7,10,12,20H,5,8-9H2,1-4H3/t10-,12?/m1/s1. The van der Waals surface area contributed by atoms with Gasteiger partial charge in [-0.15, -0.1) is 16.7 Å². The van der Waals surface area contributed by atoms with Crippen LogP contribution in [0.5, 0.6) is 5.88 Å². The van der Waals surface area contributed by atoms with E-state index in [4.69, 9.17) is 21.1 Å². The molecule has 6 nitrogen and oxygen atoms in total. The molecule has 1 unspecified atom stereocenters. The number of nitrogens with zero attached hydrogens (tertiary/aromatic N) is 2. The zero-order valence-corrected chi connectivity index (χ0v) is 15.3. The van der Waals surface area contributed by atoms with Crippen LogP contribution in [-0.4, -0.2) is 41.1 Å². The molecule has 1 rings (SSSR count). The Morgan fingerprint density at radius 2 is 2.08 bits per heavy atom. The molecule has 1 aromatic heterocycles. The van der Waals surface area contributed by atoms with Crippen molar-refractivity contribution in [2.45, 2.75) is 40.0 Å². The third-order valence-corrected chi connectivity index (χ3v) is 3.79. The predicted molar refractivity (Wildman–Crippen MR) is 86.2 cm³/mol. The van der Waals surface area contributed by atoms with Gasteiger partial charge in [-0.05, 0) is 27.7 Å². The number of nitrogens with one attached hydrogen (secondary N) is 1. The number of hydrogen-bond acceptors (Lipinski definition) is 5. The highest BCUT2D eigenvalue weighted by Crippen LogP contribution is 2.37. The van der Waals surface area contributed by atoms with E-state index in [0.717, 1.165) is 13.8 Å². The van der Waals surface area contributed by atoms with Crippen LogP contribution in [0, 0.1) is 11.3 Å². The van der Waals surface area contributed by atoms with Crippen molar-refractivity contribution in [3.8, 4) is 5.88 Å². The number of hydrogen-bond donors (Lipinski definition) is 1. The van der Waals surface area contributed by atoms with Crippen molar-refractivity contribution in [1.29, 1.82) is 0 Å². The number of ether oxygens (including phenoxy) is 2. The molecule has 0 radical (unpaired) electrons. The molecule has 1 aromatic rings. The van der Waals surface area contributed by atoms with Gasteiger partial charge in [0.2, 0.25) is 5.88 Å². The molecule has 1 N–H and O–H groups in total. The first-order chi connectivity index (χ1) is 11.5. The number of carbonyl (C=O) groups excluding carboxylic acids is 1. The molecule has 0 spiro atoms. The highest BCUT2D eigenvalue weighted by Gasteiger charge is 2.48. The number of esters is 1. The SMILES string of the molecule is CCOC(=O)[C@H](C)C(NCCl)n1ccc(OCC(C)(C)C(F)(F)F)n1. The van der Waals surface area contributed by atoms with Crippen LogP contribution in [0.4, 0.5) is 13.2 Å². The van der Waals surface area contributed by atoms with E-state index in [9.17, 15) is 18.0 Å². The average molecular weight is 386 g/mol. The Balaban J connectivity index is 2.84. The van der Waals surface area contributed by atoms with Crippen molar-refractivity contribution in [2.75, 3.05) is 19.2 Å². The number of rotatable bonds is 9. The average Bonchev–Trinajstić information content (AvgIpc) is 2.98. The normalized spacial score (nSPS) is 14.9. The van der Waals surface area contributed by atoms with Crippen LogP contribution in [0.3, 0.4) is 0 Å². The van der Waals surface area contributed by atoms with Crippen LogP contribution >= 0.6 is 11.6 Å². The largest absolute Gasteiger partial charge is 0.476 e. The van der Waals surface area contributed by atoms with Crippen molar-refractivity contribution >= 4 is 17.6 Å². The Kier molecular flexibility index (Phi) is 7.55. The summed E-state index contributed by atoms with van der Waals surface area (Å²) in [6.07, 6.45) is -3.52. The van der Waals surface area contributed by atoms with Crippen molar-refractivity contribution in [2.24, 2.45) is 11.3 Å². The lowest BCUT2D eigenvalue weighted by atomic mass is 9.94. The van der Waals surface area contributed by atoms with Gasteiger partial charge >= 0.3 is 12.1 Å². The van der Waals surface area contributed by atoms with E-state index in [1.54, 1.807) is 13.8 Å². The smallest absolute Gasteiger partial charge is 0.397 e. The Labute approximate surface area is 149 Å². The molecule has 10 heteroatoms. The fraction of sp³-hybridized carbons (Fsp3) is 0.733. The molecule has 0 saturated carbocycles. The molecule has 0 bridgehead atoms. The summed E-state index contributed by atoms with van der Waals surface area (Å²) in [5, 5.41) is 6.95. The Morgan fingerprint density at radius 1 is 1.44 bits per heavy atom.